The molecule has 186 valence electrons. The van der Waals surface area contributed by atoms with Gasteiger partial charge in [-0.1, -0.05) is 36.4 Å². The number of aromatic nitrogens is 3. The molecule has 0 unspecified atom stereocenters. The quantitative estimate of drug-likeness (QED) is 0.523. The van der Waals surface area contributed by atoms with Crippen molar-refractivity contribution in [2.45, 2.75) is 56.2 Å². The number of anilines is 1. The summed E-state index contributed by atoms with van der Waals surface area (Å²) in [7, 11) is -3.65. The third kappa shape index (κ3) is 4.69. The monoisotopic (exact) mass is 501 g/mol. The van der Waals surface area contributed by atoms with Gasteiger partial charge in [-0.15, -0.1) is 10.2 Å². The topological polar surface area (TPSA) is 71.3 Å². The van der Waals surface area contributed by atoms with E-state index in [2.05, 4.69) is 10.2 Å². The molecule has 0 bridgehead atoms. The molecule has 2 saturated heterocycles. The zero-order valence-corrected chi connectivity index (χ0v) is 20.4. The van der Waals surface area contributed by atoms with Gasteiger partial charge in [-0.2, -0.15) is 4.31 Å². The Morgan fingerprint density at radius 3 is 2.46 bits per heavy atom. The van der Waals surface area contributed by atoms with Crippen LogP contribution in [-0.4, -0.2) is 52.8 Å². The van der Waals surface area contributed by atoms with Crippen molar-refractivity contribution < 1.29 is 17.2 Å². The van der Waals surface area contributed by atoms with Gasteiger partial charge in [-0.25, -0.2) is 17.2 Å². The van der Waals surface area contributed by atoms with E-state index >= 15 is 4.39 Å². The third-order valence-corrected chi connectivity index (χ3v) is 9.62. The predicted molar refractivity (Wildman–Crippen MR) is 130 cm³/mol. The highest BCUT2D eigenvalue weighted by molar-refractivity contribution is 7.89. The Bertz CT molecular complexity index is 1260. The Morgan fingerprint density at radius 1 is 1.03 bits per heavy atom. The van der Waals surface area contributed by atoms with Crippen molar-refractivity contribution in [1.82, 2.24) is 19.1 Å². The lowest BCUT2D eigenvalue weighted by Gasteiger charge is -2.38. The van der Waals surface area contributed by atoms with Gasteiger partial charge in [0, 0.05) is 30.4 Å². The van der Waals surface area contributed by atoms with Crippen molar-refractivity contribution in [3.8, 4) is 0 Å². The van der Waals surface area contributed by atoms with Gasteiger partial charge in [0.25, 0.3) is 0 Å². The van der Waals surface area contributed by atoms with Crippen LogP contribution in [0, 0.1) is 5.82 Å². The summed E-state index contributed by atoms with van der Waals surface area (Å²) in [5, 5.41) is 6.87. The molecule has 0 radical (unpaired) electrons. The fourth-order valence-electron chi connectivity index (χ4n) is 5.22. The highest BCUT2D eigenvalue weighted by atomic mass is 32.2. The fraction of sp³-hybridized carbons (Fsp3) is 0.440. The second-order valence-electron chi connectivity index (χ2n) is 9.42. The zero-order chi connectivity index (χ0) is 24.6. The van der Waals surface area contributed by atoms with E-state index in [-0.39, 0.29) is 25.2 Å². The molecule has 0 saturated carbocycles. The molecule has 2 fully saturated rings. The molecule has 0 amide bonds. The third-order valence-electron chi connectivity index (χ3n) is 7.25. The minimum atomic E-state index is -3.65. The molecule has 2 aromatic carbocycles. The van der Waals surface area contributed by atoms with Gasteiger partial charge < -0.3 is 9.47 Å². The van der Waals surface area contributed by atoms with Gasteiger partial charge in [0.1, 0.15) is 29.9 Å². The summed E-state index contributed by atoms with van der Waals surface area (Å²) in [6.45, 7) is 2.54. The first-order chi connectivity index (χ1) is 16.8. The normalized spacial score (nSPS) is 27.1. The maximum Gasteiger partial charge on any atom is 0.221 e. The Balaban J connectivity index is 1.31. The molecule has 0 N–H and O–H groups in total. The number of piperidine rings is 1. The van der Waals surface area contributed by atoms with Crippen molar-refractivity contribution >= 4 is 15.7 Å². The molecule has 0 spiro atoms. The molecule has 3 heterocycles. The van der Waals surface area contributed by atoms with Crippen LogP contribution in [0.25, 0.3) is 0 Å². The first-order valence-corrected chi connectivity index (χ1v) is 13.4. The molecule has 5 rings (SSSR count). The Morgan fingerprint density at radius 2 is 1.77 bits per heavy atom. The maximum atomic E-state index is 15.2. The molecular formula is C25H29F2N5O2S. The summed E-state index contributed by atoms with van der Waals surface area (Å²) in [5.41, 5.74) is 1.66. The average molecular weight is 502 g/mol. The van der Waals surface area contributed by atoms with Gasteiger partial charge in [0.15, 0.2) is 0 Å². The first kappa shape index (κ1) is 23.9. The van der Waals surface area contributed by atoms with Crippen LogP contribution < -0.4 is 4.90 Å². The summed E-state index contributed by atoms with van der Waals surface area (Å²) in [4.78, 5) is 1.82. The van der Waals surface area contributed by atoms with E-state index in [1.807, 2.05) is 42.2 Å². The van der Waals surface area contributed by atoms with Gasteiger partial charge in [0.2, 0.25) is 10.0 Å². The number of rotatable bonds is 5. The van der Waals surface area contributed by atoms with Crippen LogP contribution >= 0.6 is 0 Å². The largest absolute Gasteiger partial charge is 0.368 e. The average Bonchev–Trinajstić information content (AvgIpc) is 3.37. The lowest BCUT2D eigenvalue weighted by molar-refractivity contribution is 0.199. The number of nitrogens with zero attached hydrogens (tertiary/aromatic N) is 5. The lowest BCUT2D eigenvalue weighted by atomic mass is 10.0. The molecule has 3 aromatic rings. The van der Waals surface area contributed by atoms with E-state index in [1.165, 1.54) is 23.0 Å². The van der Waals surface area contributed by atoms with E-state index in [0.717, 1.165) is 5.56 Å². The van der Waals surface area contributed by atoms with Crippen LogP contribution in [0.3, 0.4) is 0 Å². The van der Waals surface area contributed by atoms with E-state index in [9.17, 15) is 12.8 Å². The van der Waals surface area contributed by atoms with Crippen molar-refractivity contribution in [1.29, 1.82) is 0 Å². The van der Waals surface area contributed by atoms with Crippen molar-refractivity contribution in [3.63, 3.8) is 0 Å². The van der Waals surface area contributed by atoms with Gasteiger partial charge in [-0.05, 0) is 43.9 Å². The molecule has 2 aliphatic rings. The van der Waals surface area contributed by atoms with Crippen molar-refractivity contribution in [2.75, 3.05) is 18.0 Å². The van der Waals surface area contributed by atoms with Gasteiger partial charge in [0.05, 0.1) is 12.6 Å². The highest BCUT2D eigenvalue weighted by Gasteiger charge is 2.40. The second kappa shape index (κ2) is 9.66. The smallest absolute Gasteiger partial charge is 0.221 e. The molecule has 1 aromatic heterocycles. The molecular weight excluding hydrogens is 472 g/mol. The summed E-state index contributed by atoms with van der Waals surface area (Å²) in [5.74, 6) is -0.483. The van der Waals surface area contributed by atoms with Crippen LogP contribution in [0.5, 0.6) is 0 Å². The highest BCUT2D eigenvalue weighted by Crippen LogP contribution is 2.38. The zero-order valence-electron chi connectivity index (χ0n) is 19.5. The first-order valence-electron chi connectivity index (χ1n) is 11.9. The summed E-state index contributed by atoms with van der Waals surface area (Å²) in [6, 6.07) is 13.4. The van der Waals surface area contributed by atoms with E-state index in [0.29, 0.717) is 37.1 Å². The predicted octanol–water partition coefficient (Wildman–Crippen LogP) is 4.26. The number of sulfonamides is 1. The minimum absolute atomic E-state index is 0.0274. The molecule has 35 heavy (non-hydrogen) atoms. The lowest BCUT2D eigenvalue weighted by Crippen LogP contribution is -2.45. The van der Waals surface area contributed by atoms with E-state index in [1.54, 1.807) is 16.7 Å². The second-order valence-corrected chi connectivity index (χ2v) is 11.5. The van der Waals surface area contributed by atoms with Gasteiger partial charge in [-0.3, -0.25) is 0 Å². The molecule has 0 aliphatic carbocycles. The van der Waals surface area contributed by atoms with Gasteiger partial charge >= 0.3 is 0 Å². The summed E-state index contributed by atoms with van der Waals surface area (Å²) in [6.07, 6.45) is 3.68. The number of alkyl halides is 1. The number of hydrogen-bond acceptors (Lipinski definition) is 5. The van der Waals surface area contributed by atoms with Crippen molar-refractivity contribution in [3.05, 3.63) is 78.1 Å². The standard InChI is InChI=1S/C25H29F2N5O2S/c1-18-7-10-25(19-5-3-2-4-6-19)35(33,34)32(18)14-20-8-9-21(13-22(20)26)30-12-11-24(23(27)15-30)31-16-28-29-17-31/h2-6,8-9,13,16-18,23-25H,7,10-12,14-15H2,1H3/t18-,23-,24-,25+/m0/s1. The fourth-order valence-corrected chi connectivity index (χ4v) is 7.41. The molecule has 10 heteroatoms. The van der Waals surface area contributed by atoms with Crippen LogP contribution in [0.2, 0.25) is 0 Å². The molecule has 7 nitrogen and oxygen atoms in total. The van der Waals surface area contributed by atoms with E-state index in [4.69, 9.17) is 0 Å². The Hall–Kier alpha value is -2.85. The summed E-state index contributed by atoms with van der Waals surface area (Å²) < 4.78 is 60.1. The number of halogens is 2. The maximum absolute atomic E-state index is 15.2. The van der Waals surface area contributed by atoms with Crippen LogP contribution in [-0.2, 0) is 16.6 Å². The SMILES string of the molecule is C[C@H]1CC[C@H](c2ccccc2)S(=O)(=O)N1Cc1ccc(N2CC[C@H](n3cnnc3)[C@@H](F)C2)cc1F. The minimum Gasteiger partial charge on any atom is -0.368 e. The van der Waals surface area contributed by atoms with Crippen LogP contribution in [0.15, 0.2) is 61.2 Å². The Kier molecular flexibility index (Phi) is 6.59. The van der Waals surface area contributed by atoms with E-state index < -0.39 is 27.3 Å². The van der Waals surface area contributed by atoms with Crippen molar-refractivity contribution in [2.24, 2.45) is 0 Å². The van der Waals surface area contributed by atoms with Crippen LogP contribution in [0.1, 0.15) is 48.6 Å². The molecule has 2 aliphatic heterocycles. The number of hydrogen-bond donors (Lipinski definition) is 0. The summed E-state index contributed by atoms with van der Waals surface area (Å²) >= 11 is 0. The number of benzene rings is 2. The van der Waals surface area contributed by atoms with Crippen LogP contribution in [0.4, 0.5) is 14.5 Å². The Labute approximate surface area is 204 Å². The molecule has 4 atom stereocenters.